The van der Waals surface area contributed by atoms with Crippen LogP contribution in [0.25, 0.3) is 0 Å². The van der Waals surface area contributed by atoms with Crippen LogP contribution in [-0.2, 0) is 0 Å². The third kappa shape index (κ3) is 2.90. The van der Waals surface area contributed by atoms with Crippen molar-refractivity contribution in [2.24, 2.45) is 0 Å². The lowest BCUT2D eigenvalue weighted by molar-refractivity contribution is 0.527. The number of nitrogens with zero attached hydrogens (tertiary/aromatic N) is 3. The molecule has 1 heterocycles. The highest BCUT2D eigenvalue weighted by molar-refractivity contribution is 5.19. The van der Waals surface area contributed by atoms with Crippen LogP contribution >= 0.6 is 0 Å². The number of H-pyrrole nitrogens is 1. The van der Waals surface area contributed by atoms with Gasteiger partial charge in [-0.3, -0.25) is 0 Å². The van der Waals surface area contributed by atoms with Crippen molar-refractivity contribution in [1.29, 1.82) is 0 Å². The molecule has 4 nitrogen and oxygen atoms in total. The fourth-order valence-corrected chi connectivity index (χ4v) is 2.17. The Balaban J connectivity index is 2.06. The van der Waals surface area contributed by atoms with E-state index in [4.69, 9.17) is 0 Å². The number of rotatable bonds is 5. The summed E-state index contributed by atoms with van der Waals surface area (Å²) in [7, 11) is 0. The van der Waals surface area contributed by atoms with Gasteiger partial charge in [0, 0.05) is 5.92 Å². The Morgan fingerprint density at radius 1 is 1.24 bits per heavy atom. The lowest BCUT2D eigenvalue weighted by Gasteiger charge is -2.18. The highest BCUT2D eigenvalue weighted by Crippen LogP contribution is 2.30. The van der Waals surface area contributed by atoms with E-state index in [9.17, 15) is 0 Å². The molecule has 1 aromatic carbocycles. The van der Waals surface area contributed by atoms with Crippen LogP contribution in [0.4, 0.5) is 0 Å². The summed E-state index contributed by atoms with van der Waals surface area (Å²) in [4.78, 5) is 0. The van der Waals surface area contributed by atoms with E-state index < -0.39 is 0 Å². The van der Waals surface area contributed by atoms with Crippen molar-refractivity contribution in [2.75, 3.05) is 0 Å². The van der Waals surface area contributed by atoms with Gasteiger partial charge in [0.2, 0.25) is 0 Å². The largest absolute Gasteiger partial charge is 0.177 e. The van der Waals surface area contributed by atoms with Gasteiger partial charge in [-0.25, -0.2) is 0 Å². The van der Waals surface area contributed by atoms with E-state index in [1.165, 1.54) is 5.56 Å². The minimum Gasteiger partial charge on any atom is -0.177 e. The molecule has 2 unspecified atom stereocenters. The molecule has 0 saturated heterocycles. The first-order chi connectivity index (χ1) is 8.31. The maximum Gasteiger partial charge on any atom is 0.177 e. The van der Waals surface area contributed by atoms with Gasteiger partial charge in [0.15, 0.2) is 5.82 Å². The van der Waals surface area contributed by atoms with E-state index in [0.717, 1.165) is 18.7 Å². The molecule has 0 amide bonds. The molecule has 17 heavy (non-hydrogen) atoms. The van der Waals surface area contributed by atoms with Crippen molar-refractivity contribution in [3.8, 4) is 0 Å². The summed E-state index contributed by atoms with van der Waals surface area (Å²) >= 11 is 0. The van der Waals surface area contributed by atoms with Gasteiger partial charge in [-0.2, -0.15) is 5.21 Å². The zero-order chi connectivity index (χ0) is 12.1. The highest BCUT2D eigenvalue weighted by Gasteiger charge is 2.17. The summed E-state index contributed by atoms with van der Waals surface area (Å²) in [6.45, 7) is 4.37. The van der Waals surface area contributed by atoms with Crippen LogP contribution < -0.4 is 0 Å². The molecule has 0 aliphatic carbocycles. The average molecular weight is 230 g/mol. The molecule has 0 aliphatic heterocycles. The first-order valence-corrected chi connectivity index (χ1v) is 6.09. The fourth-order valence-electron chi connectivity index (χ4n) is 2.17. The van der Waals surface area contributed by atoms with E-state index in [1.807, 2.05) is 0 Å². The summed E-state index contributed by atoms with van der Waals surface area (Å²) in [5.74, 6) is 1.70. The predicted molar refractivity (Wildman–Crippen MR) is 66.7 cm³/mol. The van der Waals surface area contributed by atoms with Gasteiger partial charge in [-0.15, -0.1) is 10.2 Å². The van der Waals surface area contributed by atoms with Gasteiger partial charge in [0.25, 0.3) is 0 Å². The average Bonchev–Trinajstić information content (AvgIpc) is 2.90. The number of hydrogen-bond donors (Lipinski definition) is 1. The van der Waals surface area contributed by atoms with Crippen molar-refractivity contribution in [3.63, 3.8) is 0 Å². The van der Waals surface area contributed by atoms with Crippen molar-refractivity contribution < 1.29 is 0 Å². The number of tetrazole rings is 1. The summed E-state index contributed by atoms with van der Waals surface area (Å²) in [5.41, 5.74) is 1.39. The molecule has 1 N–H and O–H groups in total. The number of aromatic amines is 1. The summed E-state index contributed by atoms with van der Waals surface area (Å²) in [6, 6.07) is 10.6. The van der Waals surface area contributed by atoms with Gasteiger partial charge >= 0.3 is 0 Å². The standard InChI is InChI=1S/C13H18N4/c1-3-11(12-7-5-4-6-8-12)9-10(2)13-14-16-17-15-13/h4-8,10-11H,3,9H2,1-2H3,(H,14,15,16,17). The molecule has 0 fully saturated rings. The zero-order valence-corrected chi connectivity index (χ0v) is 10.3. The second kappa shape index (κ2) is 5.57. The van der Waals surface area contributed by atoms with Crippen molar-refractivity contribution in [2.45, 2.75) is 38.5 Å². The molecular formula is C13H18N4. The number of benzene rings is 1. The molecule has 0 saturated carbocycles. The Hall–Kier alpha value is -1.71. The Bertz CT molecular complexity index is 424. The molecule has 0 bridgehead atoms. The van der Waals surface area contributed by atoms with Crippen LogP contribution in [0.1, 0.15) is 49.9 Å². The van der Waals surface area contributed by atoms with Gasteiger partial charge < -0.3 is 0 Å². The Labute approximate surface area is 101 Å². The van der Waals surface area contributed by atoms with Crippen LogP contribution in [0.3, 0.4) is 0 Å². The van der Waals surface area contributed by atoms with Gasteiger partial charge in [-0.05, 0) is 24.3 Å². The van der Waals surface area contributed by atoms with Crippen LogP contribution in [0.15, 0.2) is 30.3 Å². The van der Waals surface area contributed by atoms with E-state index in [0.29, 0.717) is 11.8 Å². The smallest absolute Gasteiger partial charge is 0.177 e. The first-order valence-electron chi connectivity index (χ1n) is 6.09. The molecule has 2 aromatic rings. The van der Waals surface area contributed by atoms with E-state index in [-0.39, 0.29) is 0 Å². The predicted octanol–water partition coefficient (Wildman–Crippen LogP) is 2.89. The fraction of sp³-hybridized carbons (Fsp3) is 0.462. The lowest BCUT2D eigenvalue weighted by atomic mass is 9.87. The molecule has 0 aliphatic rings. The third-order valence-corrected chi connectivity index (χ3v) is 3.20. The highest BCUT2D eigenvalue weighted by atomic mass is 15.5. The molecule has 0 radical (unpaired) electrons. The molecule has 1 aromatic heterocycles. The van der Waals surface area contributed by atoms with Crippen LogP contribution in [0.5, 0.6) is 0 Å². The molecule has 4 heteroatoms. The van der Waals surface area contributed by atoms with E-state index >= 15 is 0 Å². The number of hydrogen-bond acceptors (Lipinski definition) is 3. The van der Waals surface area contributed by atoms with Crippen molar-refractivity contribution in [1.82, 2.24) is 20.6 Å². The maximum absolute atomic E-state index is 4.05. The monoisotopic (exact) mass is 230 g/mol. The minimum absolute atomic E-state index is 0.332. The first kappa shape index (κ1) is 11.8. The summed E-state index contributed by atoms with van der Waals surface area (Å²) in [5, 5.41) is 14.2. The molecule has 90 valence electrons. The second-order valence-electron chi connectivity index (χ2n) is 4.42. The Morgan fingerprint density at radius 2 is 2.00 bits per heavy atom. The maximum atomic E-state index is 4.05. The normalized spacial score (nSPS) is 14.5. The Kier molecular flexibility index (Phi) is 3.85. The molecular weight excluding hydrogens is 212 g/mol. The molecule has 0 spiro atoms. The van der Waals surface area contributed by atoms with Crippen LogP contribution in [0.2, 0.25) is 0 Å². The van der Waals surface area contributed by atoms with Gasteiger partial charge in [-0.1, -0.05) is 49.4 Å². The van der Waals surface area contributed by atoms with Crippen molar-refractivity contribution in [3.05, 3.63) is 41.7 Å². The summed E-state index contributed by atoms with van der Waals surface area (Å²) < 4.78 is 0. The van der Waals surface area contributed by atoms with Crippen LogP contribution in [0, 0.1) is 0 Å². The topological polar surface area (TPSA) is 54.5 Å². The summed E-state index contributed by atoms with van der Waals surface area (Å²) in [6.07, 6.45) is 2.19. The second-order valence-corrected chi connectivity index (χ2v) is 4.42. The third-order valence-electron chi connectivity index (χ3n) is 3.20. The van der Waals surface area contributed by atoms with Gasteiger partial charge in [0.1, 0.15) is 0 Å². The van der Waals surface area contributed by atoms with E-state index in [2.05, 4.69) is 64.8 Å². The molecule has 2 rings (SSSR count). The van der Waals surface area contributed by atoms with Gasteiger partial charge in [0.05, 0.1) is 0 Å². The van der Waals surface area contributed by atoms with Crippen molar-refractivity contribution >= 4 is 0 Å². The van der Waals surface area contributed by atoms with Crippen LogP contribution in [-0.4, -0.2) is 20.6 Å². The minimum atomic E-state index is 0.332. The lowest BCUT2D eigenvalue weighted by Crippen LogP contribution is -2.05. The molecule has 2 atom stereocenters. The number of aromatic nitrogens is 4. The quantitative estimate of drug-likeness (QED) is 0.859. The Morgan fingerprint density at radius 3 is 2.59 bits per heavy atom. The SMILES string of the molecule is CCC(CC(C)c1nn[nH]n1)c1ccccc1. The zero-order valence-electron chi connectivity index (χ0n) is 10.3. The van der Waals surface area contributed by atoms with E-state index in [1.54, 1.807) is 0 Å². The number of nitrogens with one attached hydrogen (secondary N) is 1.